The van der Waals surface area contributed by atoms with E-state index < -0.39 is 12.1 Å². The molecule has 5 heteroatoms. The third-order valence-corrected chi connectivity index (χ3v) is 5.57. The average molecular weight is 372 g/mol. The van der Waals surface area contributed by atoms with Crippen LogP contribution in [-0.2, 0) is 9.53 Å². The Hall–Kier alpha value is -1.98. The van der Waals surface area contributed by atoms with Crippen LogP contribution in [0.5, 0.6) is 0 Å². The topological polar surface area (TPSA) is 49.8 Å². The molecule has 0 aromatic heterocycles. The summed E-state index contributed by atoms with van der Waals surface area (Å²) in [6, 6.07) is 14.1. The fourth-order valence-electron chi connectivity index (χ4n) is 3.14. The number of hydrogen-bond acceptors (Lipinski definition) is 5. The highest BCUT2D eigenvalue weighted by Crippen LogP contribution is 2.48. The predicted molar refractivity (Wildman–Crippen MR) is 105 cm³/mol. The van der Waals surface area contributed by atoms with Crippen LogP contribution >= 0.6 is 11.8 Å². The maximum atomic E-state index is 11.9. The lowest BCUT2D eigenvalue weighted by molar-refractivity contribution is -0.153. The third kappa shape index (κ3) is 3.89. The summed E-state index contributed by atoms with van der Waals surface area (Å²) in [5, 5.41) is 10.3. The molecule has 0 saturated heterocycles. The Kier molecular flexibility index (Phi) is 6.22. The maximum absolute atomic E-state index is 11.9. The van der Waals surface area contributed by atoms with E-state index in [0.29, 0.717) is 5.56 Å². The number of esters is 1. The van der Waals surface area contributed by atoms with E-state index in [-0.39, 0.29) is 6.61 Å². The van der Waals surface area contributed by atoms with Crippen molar-refractivity contribution >= 4 is 29.1 Å². The molecule has 0 bridgehead atoms. The molecule has 0 saturated carbocycles. The van der Waals surface area contributed by atoms with Gasteiger partial charge in [0.05, 0.1) is 18.0 Å². The highest BCUT2D eigenvalue weighted by molar-refractivity contribution is 7.99. The molecule has 0 fully saturated rings. The highest BCUT2D eigenvalue weighted by Gasteiger charge is 2.25. The molecule has 0 unspecified atom stereocenters. The second-order valence-electron chi connectivity index (χ2n) is 6.31. The van der Waals surface area contributed by atoms with Crippen LogP contribution in [0, 0.1) is 0 Å². The van der Waals surface area contributed by atoms with Crippen molar-refractivity contribution < 1.29 is 14.6 Å². The summed E-state index contributed by atoms with van der Waals surface area (Å²) in [4.78, 5) is 16.5. The number of anilines is 2. The summed E-state index contributed by atoms with van der Waals surface area (Å²) >= 11 is 1.68. The van der Waals surface area contributed by atoms with Crippen LogP contribution in [0.1, 0.15) is 44.8 Å². The van der Waals surface area contributed by atoms with E-state index in [9.17, 15) is 9.90 Å². The van der Waals surface area contributed by atoms with Gasteiger partial charge in [0.2, 0.25) is 0 Å². The first-order valence-electron chi connectivity index (χ1n) is 9.18. The first-order valence-corrected chi connectivity index (χ1v) is 10.0. The smallest absolute Gasteiger partial charge is 0.339 e. The van der Waals surface area contributed by atoms with E-state index in [1.165, 1.54) is 23.4 Å². The van der Waals surface area contributed by atoms with Crippen molar-refractivity contribution in [3.63, 3.8) is 0 Å². The number of aliphatic hydroxyl groups excluding tert-OH is 1. The van der Waals surface area contributed by atoms with Crippen molar-refractivity contribution in [1.82, 2.24) is 0 Å². The number of ether oxygens (including phenoxy) is 1. The number of benzene rings is 2. The van der Waals surface area contributed by atoms with Crippen molar-refractivity contribution in [1.29, 1.82) is 0 Å². The van der Waals surface area contributed by atoms with Crippen LogP contribution in [0.4, 0.5) is 11.4 Å². The largest absolute Gasteiger partial charge is 0.464 e. The molecule has 1 N–H and O–H groups in total. The molecule has 1 atom stereocenters. The van der Waals surface area contributed by atoms with Gasteiger partial charge in [0, 0.05) is 16.3 Å². The monoisotopic (exact) mass is 371 g/mol. The molecule has 0 spiro atoms. The van der Waals surface area contributed by atoms with E-state index in [1.54, 1.807) is 18.7 Å². The molecule has 1 aliphatic heterocycles. The van der Waals surface area contributed by atoms with Crippen LogP contribution in [-0.4, -0.2) is 24.2 Å². The number of rotatable bonds is 7. The number of nitrogens with zero attached hydrogens (tertiary/aromatic N) is 1. The zero-order valence-corrected chi connectivity index (χ0v) is 16.1. The minimum absolute atomic E-state index is 0.258. The van der Waals surface area contributed by atoms with Crippen LogP contribution in [0.2, 0.25) is 0 Å². The number of carbonyl (C=O) groups excluding carboxylic acids is 1. The van der Waals surface area contributed by atoms with E-state index in [0.717, 1.165) is 23.5 Å². The van der Waals surface area contributed by atoms with Crippen molar-refractivity contribution in [3.05, 3.63) is 48.0 Å². The number of unbranched alkanes of at least 4 members (excludes halogenated alkanes) is 2. The first-order chi connectivity index (χ1) is 12.7. The molecule has 138 valence electrons. The molecular weight excluding hydrogens is 346 g/mol. The normalized spacial score (nSPS) is 13.7. The van der Waals surface area contributed by atoms with Gasteiger partial charge >= 0.3 is 5.97 Å². The van der Waals surface area contributed by atoms with Crippen molar-refractivity contribution in [2.75, 3.05) is 18.1 Å². The summed E-state index contributed by atoms with van der Waals surface area (Å²) in [6.07, 6.45) is 2.26. The maximum Gasteiger partial charge on any atom is 0.339 e. The molecule has 4 nitrogen and oxygen atoms in total. The Morgan fingerprint density at radius 1 is 1.12 bits per heavy atom. The Morgan fingerprint density at radius 2 is 1.88 bits per heavy atom. The number of fused-ring (bicyclic) bond motifs is 2. The Balaban J connectivity index is 1.92. The molecule has 1 heterocycles. The zero-order valence-electron chi connectivity index (χ0n) is 15.3. The van der Waals surface area contributed by atoms with Crippen LogP contribution in [0.25, 0.3) is 0 Å². The molecule has 26 heavy (non-hydrogen) atoms. The standard InChI is InChI=1S/C21H25NO3S/c1-3-5-8-13-22-16-9-6-7-10-18(16)26-19-14-15(11-12-17(19)22)20(23)21(24)25-4-2/h6-7,9-12,14,20,23H,3-5,8,13H2,1-2H3/t20-/m1/s1. The summed E-state index contributed by atoms with van der Waals surface area (Å²) in [5.41, 5.74) is 2.92. The second kappa shape index (κ2) is 8.60. The minimum atomic E-state index is -1.24. The van der Waals surface area contributed by atoms with Gasteiger partial charge in [-0.05, 0) is 43.2 Å². The summed E-state index contributed by atoms with van der Waals surface area (Å²) in [6.45, 7) is 5.15. The molecule has 2 aromatic carbocycles. The molecule has 0 aliphatic carbocycles. The lowest BCUT2D eigenvalue weighted by Gasteiger charge is -2.33. The van der Waals surface area contributed by atoms with Gasteiger partial charge in [-0.2, -0.15) is 0 Å². The average Bonchev–Trinajstić information content (AvgIpc) is 2.66. The second-order valence-corrected chi connectivity index (χ2v) is 7.39. The number of carbonyl (C=O) groups is 1. The Morgan fingerprint density at radius 3 is 2.65 bits per heavy atom. The third-order valence-electron chi connectivity index (χ3n) is 4.46. The lowest BCUT2D eigenvalue weighted by Crippen LogP contribution is -2.22. The van der Waals surface area contributed by atoms with E-state index in [1.807, 2.05) is 24.3 Å². The van der Waals surface area contributed by atoms with E-state index >= 15 is 0 Å². The molecule has 0 amide bonds. The van der Waals surface area contributed by atoms with Gasteiger partial charge in [0.15, 0.2) is 6.10 Å². The van der Waals surface area contributed by atoms with Gasteiger partial charge < -0.3 is 14.7 Å². The minimum Gasteiger partial charge on any atom is -0.464 e. The quantitative estimate of drug-likeness (QED) is 0.543. The molecule has 3 rings (SSSR count). The highest BCUT2D eigenvalue weighted by atomic mass is 32.2. The fourth-order valence-corrected chi connectivity index (χ4v) is 4.28. The molecule has 1 aliphatic rings. The van der Waals surface area contributed by atoms with Gasteiger partial charge in [-0.1, -0.05) is 49.7 Å². The number of para-hydroxylation sites is 1. The van der Waals surface area contributed by atoms with Gasteiger partial charge in [0.1, 0.15) is 0 Å². The Labute approximate surface area is 159 Å². The van der Waals surface area contributed by atoms with Crippen molar-refractivity contribution in [3.8, 4) is 0 Å². The van der Waals surface area contributed by atoms with Gasteiger partial charge in [-0.15, -0.1) is 0 Å². The molecular formula is C21H25NO3S. The summed E-state index contributed by atoms with van der Waals surface area (Å²) in [7, 11) is 0. The summed E-state index contributed by atoms with van der Waals surface area (Å²) in [5.74, 6) is -0.603. The van der Waals surface area contributed by atoms with Crippen molar-refractivity contribution in [2.45, 2.75) is 49.0 Å². The lowest BCUT2D eigenvalue weighted by atomic mass is 10.1. The van der Waals surface area contributed by atoms with Gasteiger partial charge in [-0.25, -0.2) is 4.79 Å². The van der Waals surface area contributed by atoms with Crippen LogP contribution in [0.15, 0.2) is 52.3 Å². The molecule has 2 aromatic rings. The Bertz CT molecular complexity index is 778. The van der Waals surface area contributed by atoms with Crippen LogP contribution < -0.4 is 4.90 Å². The van der Waals surface area contributed by atoms with Crippen molar-refractivity contribution in [2.24, 2.45) is 0 Å². The number of aliphatic hydroxyl groups is 1. The zero-order chi connectivity index (χ0) is 18.5. The van der Waals surface area contributed by atoms with E-state index in [4.69, 9.17) is 4.74 Å². The fraction of sp³-hybridized carbons (Fsp3) is 0.381. The van der Waals surface area contributed by atoms with Gasteiger partial charge in [-0.3, -0.25) is 0 Å². The van der Waals surface area contributed by atoms with E-state index in [2.05, 4.69) is 30.0 Å². The molecule has 0 radical (unpaired) electrons. The number of hydrogen-bond donors (Lipinski definition) is 1. The predicted octanol–water partition coefficient (Wildman–Crippen LogP) is 5.08. The SMILES string of the molecule is CCCCCN1c2ccccc2Sc2cc([C@@H](O)C(=O)OCC)ccc21. The first kappa shape index (κ1) is 18.8. The summed E-state index contributed by atoms with van der Waals surface area (Å²) < 4.78 is 4.94. The van der Waals surface area contributed by atoms with Gasteiger partial charge in [0.25, 0.3) is 0 Å². The van der Waals surface area contributed by atoms with Crippen LogP contribution in [0.3, 0.4) is 0 Å².